The van der Waals surface area contributed by atoms with Gasteiger partial charge in [-0.15, -0.1) is 11.3 Å². The van der Waals surface area contributed by atoms with E-state index in [9.17, 15) is 13.2 Å². The molecule has 2 aromatic heterocycles. The number of nitrogens with one attached hydrogen (secondary N) is 2. The Hall–Kier alpha value is -1.16. The van der Waals surface area contributed by atoms with Gasteiger partial charge >= 0.3 is 0 Å². The lowest BCUT2D eigenvalue weighted by Gasteiger charge is -2.23. The molecule has 3 rings (SSSR count). The molecule has 2 N–H and O–H groups in total. The van der Waals surface area contributed by atoms with E-state index in [-0.39, 0.29) is 28.7 Å². The number of rotatable bonds is 3. The summed E-state index contributed by atoms with van der Waals surface area (Å²) in [6.45, 7) is 0.279. The van der Waals surface area contributed by atoms with E-state index in [4.69, 9.17) is 11.6 Å². The van der Waals surface area contributed by atoms with Crippen molar-refractivity contribution in [1.29, 1.82) is 0 Å². The number of sulfonamides is 1. The summed E-state index contributed by atoms with van der Waals surface area (Å²) in [5.74, 6) is -0.0666. The molecule has 108 valence electrons. The van der Waals surface area contributed by atoms with Crippen LogP contribution in [0.2, 0.25) is 5.15 Å². The molecule has 0 aliphatic carbocycles. The molecule has 0 saturated carbocycles. The van der Waals surface area contributed by atoms with Crippen LogP contribution in [-0.4, -0.2) is 36.3 Å². The maximum absolute atomic E-state index is 12.4. The van der Waals surface area contributed by atoms with Gasteiger partial charge in [0.1, 0.15) is 0 Å². The van der Waals surface area contributed by atoms with Crippen molar-refractivity contribution >= 4 is 43.8 Å². The van der Waals surface area contributed by atoms with Crippen LogP contribution in [0.15, 0.2) is 16.6 Å². The van der Waals surface area contributed by atoms with Crippen LogP contribution >= 0.6 is 22.9 Å². The first kappa shape index (κ1) is 13.8. The van der Waals surface area contributed by atoms with Gasteiger partial charge in [0, 0.05) is 30.6 Å². The zero-order valence-electron chi connectivity index (χ0n) is 10.2. The number of hydrogen-bond acceptors (Lipinski definition) is 5. The lowest BCUT2D eigenvalue weighted by Crippen LogP contribution is -2.47. The minimum Gasteiger partial charge on any atom is -0.355 e. The highest BCUT2D eigenvalue weighted by molar-refractivity contribution is 7.89. The Kier molecular flexibility index (Phi) is 3.44. The molecule has 10 heteroatoms. The van der Waals surface area contributed by atoms with Gasteiger partial charge < -0.3 is 5.32 Å². The fourth-order valence-corrected chi connectivity index (χ4v) is 4.81. The zero-order valence-corrected chi connectivity index (χ0v) is 12.6. The number of carbonyl (C=O) groups excluding carboxylic acids is 1. The minimum atomic E-state index is -3.79. The highest BCUT2D eigenvalue weighted by atomic mass is 35.5. The number of hydrogen-bond donors (Lipinski definition) is 2. The molecule has 1 unspecified atom stereocenters. The first-order valence-corrected chi connectivity index (χ1v) is 8.61. The second-order valence-corrected chi connectivity index (χ2v) is 7.28. The van der Waals surface area contributed by atoms with Gasteiger partial charge in [-0.2, -0.15) is 0 Å². The summed E-state index contributed by atoms with van der Waals surface area (Å²) in [4.78, 5) is 15.6. The van der Waals surface area contributed by atoms with Crippen molar-refractivity contribution in [2.45, 2.75) is 23.9 Å². The Balaban J connectivity index is 1.90. The lowest BCUT2D eigenvalue weighted by molar-refractivity contribution is -0.122. The van der Waals surface area contributed by atoms with E-state index in [1.807, 2.05) is 0 Å². The number of nitrogens with zero attached hydrogens (tertiary/aromatic N) is 2. The molecule has 1 aliphatic heterocycles. The average Bonchev–Trinajstić information content (AvgIpc) is 2.91. The van der Waals surface area contributed by atoms with Gasteiger partial charge in [-0.3, -0.25) is 9.20 Å². The van der Waals surface area contributed by atoms with Crippen molar-refractivity contribution in [3.8, 4) is 0 Å². The van der Waals surface area contributed by atoms with Crippen molar-refractivity contribution < 1.29 is 13.2 Å². The number of halogens is 1. The van der Waals surface area contributed by atoms with Crippen molar-refractivity contribution in [2.75, 3.05) is 6.54 Å². The minimum absolute atomic E-state index is 0.0517. The molecule has 1 amide bonds. The normalized spacial score (nSPS) is 20.2. The topological polar surface area (TPSA) is 92.6 Å². The molecule has 1 atom stereocenters. The number of imidazole rings is 1. The number of piperidine rings is 1. The van der Waals surface area contributed by atoms with E-state index in [0.717, 1.165) is 0 Å². The smallest absolute Gasteiger partial charge is 0.260 e. The van der Waals surface area contributed by atoms with Crippen LogP contribution in [0.1, 0.15) is 12.8 Å². The second-order valence-electron chi connectivity index (χ2n) is 4.42. The Morgan fingerprint density at radius 3 is 3.05 bits per heavy atom. The van der Waals surface area contributed by atoms with Crippen LogP contribution in [0.25, 0.3) is 4.96 Å². The van der Waals surface area contributed by atoms with Crippen LogP contribution in [0.4, 0.5) is 0 Å². The number of thiazole rings is 1. The van der Waals surface area contributed by atoms with Gasteiger partial charge in [0.15, 0.2) is 15.1 Å². The Morgan fingerprint density at radius 2 is 2.35 bits per heavy atom. The van der Waals surface area contributed by atoms with E-state index in [1.165, 1.54) is 15.7 Å². The maximum Gasteiger partial charge on any atom is 0.260 e. The Bertz CT molecular complexity index is 757. The molecule has 2 aromatic rings. The van der Waals surface area contributed by atoms with Crippen LogP contribution in [0.5, 0.6) is 0 Å². The summed E-state index contributed by atoms with van der Waals surface area (Å²) >= 11 is 7.22. The lowest BCUT2D eigenvalue weighted by atomic mass is 10.1. The number of carbonyl (C=O) groups is 1. The third-order valence-corrected chi connectivity index (χ3v) is 5.70. The van der Waals surface area contributed by atoms with Gasteiger partial charge in [0.2, 0.25) is 5.91 Å². The highest BCUT2D eigenvalue weighted by Crippen LogP contribution is 2.25. The number of aromatic nitrogens is 2. The summed E-state index contributed by atoms with van der Waals surface area (Å²) < 4.78 is 28.8. The molecular weight excluding hydrogens is 324 g/mol. The van der Waals surface area contributed by atoms with E-state index in [0.29, 0.717) is 17.8 Å². The Labute approximate surface area is 124 Å². The van der Waals surface area contributed by atoms with Gasteiger partial charge in [-0.05, 0) is 6.42 Å². The second kappa shape index (κ2) is 4.99. The maximum atomic E-state index is 12.4. The zero-order chi connectivity index (χ0) is 14.3. The first-order chi connectivity index (χ1) is 9.47. The molecule has 0 bridgehead atoms. The Morgan fingerprint density at radius 1 is 1.55 bits per heavy atom. The SMILES string of the molecule is O=C1CCC(NS(=O)(=O)c2c(Cl)nc3sccn23)CN1. The van der Waals surface area contributed by atoms with E-state index < -0.39 is 10.0 Å². The van der Waals surface area contributed by atoms with Gasteiger partial charge in [-0.1, -0.05) is 11.6 Å². The van der Waals surface area contributed by atoms with E-state index in [1.54, 1.807) is 11.6 Å². The number of fused-ring (bicyclic) bond motifs is 1. The quantitative estimate of drug-likeness (QED) is 0.860. The van der Waals surface area contributed by atoms with Gasteiger partial charge in [-0.25, -0.2) is 18.1 Å². The predicted octanol–water partition coefficient (Wildman–Crippen LogP) is 0.606. The molecule has 1 saturated heterocycles. The fraction of sp³-hybridized carbons (Fsp3) is 0.400. The third-order valence-electron chi connectivity index (χ3n) is 3.02. The molecule has 1 aliphatic rings. The largest absolute Gasteiger partial charge is 0.355 e. The molecule has 20 heavy (non-hydrogen) atoms. The number of amides is 1. The fourth-order valence-electron chi connectivity index (χ4n) is 2.09. The van der Waals surface area contributed by atoms with E-state index in [2.05, 4.69) is 15.0 Å². The first-order valence-electron chi connectivity index (χ1n) is 5.87. The van der Waals surface area contributed by atoms with Gasteiger partial charge in [0.25, 0.3) is 10.0 Å². The molecule has 1 fully saturated rings. The summed E-state index contributed by atoms with van der Waals surface area (Å²) in [6.07, 6.45) is 2.38. The van der Waals surface area contributed by atoms with E-state index >= 15 is 0 Å². The van der Waals surface area contributed by atoms with Crippen molar-refractivity contribution in [3.63, 3.8) is 0 Å². The third kappa shape index (κ3) is 2.41. The summed E-state index contributed by atoms with van der Waals surface area (Å²) in [7, 11) is -3.79. The van der Waals surface area contributed by atoms with Crippen LogP contribution in [0, 0.1) is 0 Å². The molecule has 0 aromatic carbocycles. The standard InChI is InChI=1S/C10H11ClN4O3S2/c11-8-9(15-3-4-19-10(15)13-8)20(17,18)14-6-1-2-7(16)12-5-6/h3-4,6,14H,1-2,5H2,(H,12,16). The van der Waals surface area contributed by atoms with Crippen molar-refractivity contribution in [3.05, 3.63) is 16.7 Å². The molecule has 7 nitrogen and oxygen atoms in total. The molecular formula is C10H11ClN4O3S2. The van der Waals surface area contributed by atoms with Crippen molar-refractivity contribution in [1.82, 2.24) is 19.4 Å². The molecule has 3 heterocycles. The summed E-state index contributed by atoms with van der Waals surface area (Å²) in [5.41, 5.74) is 0. The predicted molar refractivity (Wildman–Crippen MR) is 74.4 cm³/mol. The van der Waals surface area contributed by atoms with Crippen LogP contribution < -0.4 is 10.0 Å². The average molecular weight is 335 g/mol. The van der Waals surface area contributed by atoms with Gasteiger partial charge in [0.05, 0.1) is 0 Å². The summed E-state index contributed by atoms with van der Waals surface area (Å²) in [6, 6.07) is -0.335. The van der Waals surface area contributed by atoms with Crippen LogP contribution in [-0.2, 0) is 14.8 Å². The van der Waals surface area contributed by atoms with Crippen molar-refractivity contribution in [2.24, 2.45) is 0 Å². The molecule has 0 radical (unpaired) electrons. The highest BCUT2D eigenvalue weighted by Gasteiger charge is 2.29. The molecule has 0 spiro atoms. The van der Waals surface area contributed by atoms with Crippen LogP contribution in [0.3, 0.4) is 0 Å². The summed E-state index contributed by atoms with van der Waals surface area (Å²) in [5, 5.41) is 4.25. The monoisotopic (exact) mass is 334 g/mol.